The van der Waals surface area contributed by atoms with Crippen molar-refractivity contribution in [2.45, 2.75) is 19.5 Å². The average molecular weight is 285 g/mol. The highest BCUT2D eigenvalue weighted by molar-refractivity contribution is 6.42. The summed E-state index contributed by atoms with van der Waals surface area (Å²) in [6.45, 7) is 6.86. The fourth-order valence-electron chi connectivity index (χ4n) is 3.34. The van der Waals surface area contributed by atoms with Crippen LogP contribution in [0.15, 0.2) is 18.2 Å². The number of nitrogens with zero attached hydrogens (tertiary/aromatic N) is 1. The molecule has 3 unspecified atom stereocenters. The van der Waals surface area contributed by atoms with Crippen molar-refractivity contribution in [2.24, 2.45) is 11.8 Å². The van der Waals surface area contributed by atoms with Crippen LogP contribution < -0.4 is 5.32 Å². The molecule has 1 N–H and O–H groups in total. The maximum atomic E-state index is 6.07. The van der Waals surface area contributed by atoms with Crippen LogP contribution in [0.2, 0.25) is 10.0 Å². The van der Waals surface area contributed by atoms with Gasteiger partial charge in [0.1, 0.15) is 0 Å². The number of fused-ring (bicyclic) bond motifs is 1. The Morgan fingerprint density at radius 3 is 2.83 bits per heavy atom. The molecule has 3 atom stereocenters. The molecule has 0 amide bonds. The zero-order valence-electron chi connectivity index (χ0n) is 10.5. The highest BCUT2D eigenvalue weighted by Gasteiger charge is 2.41. The largest absolute Gasteiger partial charge is 0.316 e. The lowest BCUT2D eigenvalue weighted by molar-refractivity contribution is 0.231. The van der Waals surface area contributed by atoms with Gasteiger partial charge in [-0.1, -0.05) is 29.3 Å². The van der Waals surface area contributed by atoms with Crippen LogP contribution in [-0.4, -0.2) is 30.6 Å². The van der Waals surface area contributed by atoms with Crippen LogP contribution in [0.3, 0.4) is 0 Å². The summed E-state index contributed by atoms with van der Waals surface area (Å²) in [6, 6.07) is 6.61. The van der Waals surface area contributed by atoms with Crippen LogP contribution in [0.1, 0.15) is 12.5 Å². The first-order valence-electron chi connectivity index (χ1n) is 6.54. The molecule has 1 aromatic rings. The van der Waals surface area contributed by atoms with Gasteiger partial charge in [-0.2, -0.15) is 0 Å². The van der Waals surface area contributed by atoms with Gasteiger partial charge >= 0.3 is 0 Å². The van der Waals surface area contributed by atoms with Crippen LogP contribution in [0.25, 0.3) is 0 Å². The first-order valence-corrected chi connectivity index (χ1v) is 7.29. The minimum atomic E-state index is 0.635. The van der Waals surface area contributed by atoms with E-state index in [1.165, 1.54) is 25.2 Å². The molecule has 3 rings (SSSR count). The monoisotopic (exact) mass is 284 g/mol. The van der Waals surface area contributed by atoms with Gasteiger partial charge in [-0.3, -0.25) is 4.90 Å². The molecule has 4 heteroatoms. The molecule has 0 saturated carbocycles. The molecule has 1 aromatic carbocycles. The first kappa shape index (κ1) is 12.7. The van der Waals surface area contributed by atoms with Crippen LogP contribution >= 0.6 is 23.2 Å². The Morgan fingerprint density at radius 2 is 2.11 bits per heavy atom. The van der Waals surface area contributed by atoms with Crippen molar-refractivity contribution in [3.8, 4) is 0 Å². The molecule has 0 aromatic heterocycles. The van der Waals surface area contributed by atoms with E-state index in [2.05, 4.69) is 23.2 Å². The number of likely N-dealkylation sites (tertiary alicyclic amines) is 1. The third kappa shape index (κ3) is 2.27. The second kappa shape index (κ2) is 5.01. The molecular formula is C14H18Cl2N2. The number of hydrogen-bond acceptors (Lipinski definition) is 2. The van der Waals surface area contributed by atoms with Crippen molar-refractivity contribution in [3.63, 3.8) is 0 Å². The Balaban J connectivity index is 1.71. The molecule has 98 valence electrons. The standard InChI is InChI=1S/C14H18Cl2N2/c1-9-12-6-17-5-11(12)8-18(9)7-10-2-3-13(15)14(16)4-10/h2-4,9,11-12,17H,5-8H2,1H3. The Kier molecular flexibility index (Phi) is 3.55. The Bertz CT molecular complexity index is 449. The minimum absolute atomic E-state index is 0.635. The summed E-state index contributed by atoms with van der Waals surface area (Å²) in [5.74, 6) is 1.63. The van der Waals surface area contributed by atoms with Crippen molar-refractivity contribution >= 4 is 23.2 Å². The van der Waals surface area contributed by atoms with E-state index in [0.717, 1.165) is 18.4 Å². The van der Waals surface area contributed by atoms with Crippen molar-refractivity contribution < 1.29 is 0 Å². The topological polar surface area (TPSA) is 15.3 Å². The summed E-state index contributed by atoms with van der Waals surface area (Å²) in [6.07, 6.45) is 0. The Morgan fingerprint density at radius 1 is 1.28 bits per heavy atom. The predicted molar refractivity (Wildman–Crippen MR) is 76.2 cm³/mol. The van der Waals surface area contributed by atoms with E-state index >= 15 is 0 Å². The van der Waals surface area contributed by atoms with Gasteiger partial charge in [-0.15, -0.1) is 0 Å². The zero-order chi connectivity index (χ0) is 12.7. The predicted octanol–water partition coefficient (Wildman–Crippen LogP) is 3.03. The first-order chi connectivity index (χ1) is 8.65. The van der Waals surface area contributed by atoms with E-state index in [1.807, 2.05) is 12.1 Å². The van der Waals surface area contributed by atoms with Gasteiger partial charge in [-0.05, 0) is 49.5 Å². The van der Waals surface area contributed by atoms with Crippen molar-refractivity contribution in [1.29, 1.82) is 0 Å². The smallest absolute Gasteiger partial charge is 0.0595 e. The van der Waals surface area contributed by atoms with Gasteiger partial charge in [0.15, 0.2) is 0 Å². The van der Waals surface area contributed by atoms with Crippen LogP contribution in [-0.2, 0) is 6.54 Å². The number of rotatable bonds is 2. The molecule has 2 aliphatic heterocycles. The summed E-state index contributed by atoms with van der Waals surface area (Å²) < 4.78 is 0. The lowest BCUT2D eigenvalue weighted by atomic mass is 9.95. The molecule has 2 aliphatic rings. The van der Waals surface area contributed by atoms with Gasteiger partial charge in [0.2, 0.25) is 0 Å². The van der Waals surface area contributed by atoms with E-state index in [4.69, 9.17) is 23.2 Å². The molecule has 0 aliphatic carbocycles. The number of benzene rings is 1. The normalized spacial score (nSPS) is 31.8. The number of nitrogens with one attached hydrogen (secondary N) is 1. The summed E-state index contributed by atoms with van der Waals surface area (Å²) in [7, 11) is 0. The molecule has 2 nitrogen and oxygen atoms in total. The third-order valence-corrected chi connectivity index (χ3v) is 5.17. The van der Waals surface area contributed by atoms with E-state index in [9.17, 15) is 0 Å². The lowest BCUT2D eigenvalue weighted by Crippen LogP contribution is -2.32. The zero-order valence-corrected chi connectivity index (χ0v) is 12.0. The van der Waals surface area contributed by atoms with Gasteiger partial charge in [0.25, 0.3) is 0 Å². The summed E-state index contributed by atoms with van der Waals surface area (Å²) in [4.78, 5) is 2.57. The average Bonchev–Trinajstić information content (AvgIpc) is 2.89. The molecule has 18 heavy (non-hydrogen) atoms. The molecule has 2 saturated heterocycles. The van der Waals surface area contributed by atoms with Crippen LogP contribution in [0, 0.1) is 11.8 Å². The van der Waals surface area contributed by atoms with Crippen LogP contribution in [0.4, 0.5) is 0 Å². The Hall–Kier alpha value is -0.280. The second-order valence-corrected chi connectivity index (χ2v) is 6.32. The minimum Gasteiger partial charge on any atom is -0.316 e. The van der Waals surface area contributed by atoms with Crippen molar-refractivity contribution in [1.82, 2.24) is 10.2 Å². The number of halogens is 2. The fraction of sp³-hybridized carbons (Fsp3) is 0.571. The maximum Gasteiger partial charge on any atom is 0.0595 e. The van der Waals surface area contributed by atoms with Gasteiger partial charge in [0.05, 0.1) is 10.0 Å². The molecule has 0 spiro atoms. The quantitative estimate of drug-likeness (QED) is 0.898. The van der Waals surface area contributed by atoms with Crippen molar-refractivity contribution in [2.75, 3.05) is 19.6 Å². The summed E-state index contributed by atoms with van der Waals surface area (Å²) in [5.41, 5.74) is 1.25. The highest BCUT2D eigenvalue weighted by Crippen LogP contribution is 2.33. The molecule has 2 heterocycles. The third-order valence-electron chi connectivity index (χ3n) is 4.43. The maximum absolute atomic E-state index is 6.07. The summed E-state index contributed by atoms with van der Waals surface area (Å²) in [5, 5.41) is 4.78. The van der Waals surface area contributed by atoms with Gasteiger partial charge < -0.3 is 5.32 Å². The van der Waals surface area contributed by atoms with Gasteiger partial charge in [-0.25, -0.2) is 0 Å². The van der Waals surface area contributed by atoms with E-state index in [-0.39, 0.29) is 0 Å². The highest BCUT2D eigenvalue weighted by atomic mass is 35.5. The van der Waals surface area contributed by atoms with Crippen molar-refractivity contribution in [3.05, 3.63) is 33.8 Å². The molecule has 0 radical (unpaired) electrons. The molecule has 0 bridgehead atoms. The lowest BCUT2D eigenvalue weighted by Gasteiger charge is -2.24. The second-order valence-electron chi connectivity index (χ2n) is 5.50. The van der Waals surface area contributed by atoms with E-state index in [0.29, 0.717) is 16.1 Å². The van der Waals surface area contributed by atoms with Gasteiger partial charge in [0, 0.05) is 19.1 Å². The fourth-order valence-corrected chi connectivity index (χ4v) is 3.66. The van der Waals surface area contributed by atoms with E-state index < -0.39 is 0 Å². The molecular weight excluding hydrogens is 267 g/mol. The molecule has 2 fully saturated rings. The SMILES string of the molecule is CC1C2CNCC2CN1Cc1ccc(Cl)c(Cl)c1. The summed E-state index contributed by atoms with van der Waals surface area (Å²) >= 11 is 12.0. The van der Waals surface area contributed by atoms with Crippen LogP contribution in [0.5, 0.6) is 0 Å². The Labute approximate surface area is 118 Å². The number of hydrogen-bond donors (Lipinski definition) is 1. The van der Waals surface area contributed by atoms with E-state index in [1.54, 1.807) is 0 Å².